The number of hydrogen-bond donors (Lipinski definition) is 2. The fourth-order valence-electron chi connectivity index (χ4n) is 3.92. The van der Waals surface area contributed by atoms with Gasteiger partial charge in [0.25, 0.3) is 11.8 Å². The molecule has 0 saturated carbocycles. The van der Waals surface area contributed by atoms with Crippen LogP contribution in [-0.4, -0.2) is 55.6 Å². The summed E-state index contributed by atoms with van der Waals surface area (Å²) in [7, 11) is 0. The third kappa shape index (κ3) is 6.80. The zero-order valence-electron chi connectivity index (χ0n) is 18.9. The standard InChI is InChI=1S/C25H33N3O4/c1-18(2)14-21(28-10-12-31-13-11-28)16-27-25(30)20-7-5-6-19(15-20)17-32-23-9-4-3-8-22(23)24(26)29/h3-9,15,18,21H,10-14,16-17H2,1-2H3,(H2,26,29)(H,27,30). The Morgan fingerprint density at radius 3 is 2.59 bits per heavy atom. The first-order valence-electron chi connectivity index (χ1n) is 11.1. The Kier molecular flexibility index (Phi) is 8.64. The molecular formula is C25H33N3O4. The Hall–Kier alpha value is -2.90. The lowest BCUT2D eigenvalue weighted by Crippen LogP contribution is -2.49. The van der Waals surface area contributed by atoms with Crippen LogP contribution in [0.2, 0.25) is 0 Å². The van der Waals surface area contributed by atoms with Crippen LogP contribution in [0.15, 0.2) is 48.5 Å². The first-order valence-corrected chi connectivity index (χ1v) is 11.1. The van der Waals surface area contributed by atoms with Gasteiger partial charge in [-0.2, -0.15) is 0 Å². The summed E-state index contributed by atoms with van der Waals surface area (Å²) >= 11 is 0. The smallest absolute Gasteiger partial charge is 0.252 e. The molecule has 2 amide bonds. The Labute approximate surface area is 189 Å². The Morgan fingerprint density at radius 2 is 1.88 bits per heavy atom. The number of primary amides is 1. The van der Waals surface area contributed by atoms with Crippen molar-refractivity contribution in [3.8, 4) is 5.75 Å². The average molecular weight is 440 g/mol. The predicted octanol–water partition coefficient (Wildman–Crippen LogP) is 2.84. The molecule has 1 unspecified atom stereocenters. The molecule has 2 aromatic carbocycles. The van der Waals surface area contributed by atoms with Crippen molar-refractivity contribution in [2.45, 2.75) is 32.9 Å². The third-order valence-electron chi connectivity index (χ3n) is 5.54. The first kappa shape index (κ1) is 23.8. The topological polar surface area (TPSA) is 93.9 Å². The van der Waals surface area contributed by atoms with Gasteiger partial charge in [0.15, 0.2) is 0 Å². The van der Waals surface area contributed by atoms with Crippen molar-refractivity contribution in [1.29, 1.82) is 0 Å². The second kappa shape index (κ2) is 11.6. The van der Waals surface area contributed by atoms with Gasteiger partial charge < -0.3 is 20.5 Å². The molecule has 3 N–H and O–H groups in total. The average Bonchev–Trinajstić information content (AvgIpc) is 2.81. The van der Waals surface area contributed by atoms with Crippen LogP contribution in [0.3, 0.4) is 0 Å². The van der Waals surface area contributed by atoms with E-state index in [-0.39, 0.29) is 12.5 Å². The lowest BCUT2D eigenvalue weighted by Gasteiger charge is -2.35. The van der Waals surface area contributed by atoms with Crippen molar-refractivity contribution in [2.75, 3.05) is 32.8 Å². The van der Waals surface area contributed by atoms with Gasteiger partial charge in [-0.15, -0.1) is 0 Å². The van der Waals surface area contributed by atoms with Gasteiger partial charge in [-0.1, -0.05) is 38.1 Å². The Morgan fingerprint density at radius 1 is 1.12 bits per heavy atom. The highest BCUT2D eigenvalue weighted by Gasteiger charge is 2.22. The molecule has 1 atom stereocenters. The number of amides is 2. The van der Waals surface area contributed by atoms with Crippen LogP contribution < -0.4 is 15.8 Å². The summed E-state index contributed by atoms with van der Waals surface area (Å²) in [5.41, 5.74) is 7.16. The number of nitrogens with two attached hydrogens (primary N) is 1. The SMILES string of the molecule is CC(C)CC(CNC(=O)c1cccc(COc2ccccc2C(N)=O)c1)N1CCOCC1. The van der Waals surface area contributed by atoms with E-state index in [1.54, 1.807) is 30.3 Å². The normalized spacial score (nSPS) is 15.3. The number of rotatable bonds is 10. The summed E-state index contributed by atoms with van der Waals surface area (Å²) in [5, 5.41) is 3.10. The maximum absolute atomic E-state index is 12.8. The van der Waals surface area contributed by atoms with Crippen LogP contribution in [0.4, 0.5) is 0 Å². The number of morpholine rings is 1. The van der Waals surface area contributed by atoms with Crippen molar-refractivity contribution >= 4 is 11.8 Å². The minimum Gasteiger partial charge on any atom is -0.488 e. The molecule has 0 bridgehead atoms. The molecule has 1 fully saturated rings. The van der Waals surface area contributed by atoms with Crippen LogP contribution >= 0.6 is 0 Å². The maximum Gasteiger partial charge on any atom is 0.252 e. The van der Waals surface area contributed by atoms with Gasteiger partial charge in [-0.3, -0.25) is 14.5 Å². The number of para-hydroxylation sites is 1. The van der Waals surface area contributed by atoms with E-state index in [0.29, 0.717) is 35.4 Å². The van der Waals surface area contributed by atoms with Crippen molar-refractivity contribution in [1.82, 2.24) is 10.2 Å². The molecule has 3 rings (SSSR count). The summed E-state index contributed by atoms with van der Waals surface area (Å²) in [5.74, 6) is 0.330. The van der Waals surface area contributed by atoms with Gasteiger partial charge in [0, 0.05) is 31.2 Å². The highest BCUT2D eigenvalue weighted by molar-refractivity contribution is 5.95. The van der Waals surface area contributed by atoms with Gasteiger partial charge in [-0.05, 0) is 42.2 Å². The van der Waals surface area contributed by atoms with Gasteiger partial charge in [0.2, 0.25) is 0 Å². The molecule has 0 aliphatic carbocycles. The summed E-state index contributed by atoms with van der Waals surface area (Å²) in [6.07, 6.45) is 1.02. The minimum absolute atomic E-state index is 0.105. The van der Waals surface area contributed by atoms with Gasteiger partial charge >= 0.3 is 0 Å². The number of hydrogen-bond acceptors (Lipinski definition) is 5. The Balaban J connectivity index is 1.60. The number of carbonyl (C=O) groups excluding carboxylic acids is 2. The quantitative estimate of drug-likeness (QED) is 0.594. The van der Waals surface area contributed by atoms with Crippen LogP contribution in [-0.2, 0) is 11.3 Å². The van der Waals surface area contributed by atoms with Crippen molar-refractivity contribution in [2.24, 2.45) is 11.7 Å². The van der Waals surface area contributed by atoms with Crippen LogP contribution in [0.1, 0.15) is 46.5 Å². The second-order valence-corrected chi connectivity index (χ2v) is 8.49. The molecule has 1 aliphatic heterocycles. The van der Waals surface area contributed by atoms with E-state index in [0.717, 1.165) is 38.3 Å². The molecule has 7 nitrogen and oxygen atoms in total. The molecule has 1 heterocycles. The molecule has 2 aromatic rings. The number of nitrogens with one attached hydrogen (secondary N) is 1. The van der Waals surface area contributed by atoms with E-state index in [1.165, 1.54) is 0 Å². The summed E-state index contributed by atoms with van der Waals surface area (Å²) in [6, 6.07) is 14.5. The molecule has 0 aromatic heterocycles. The molecular weight excluding hydrogens is 406 g/mol. The highest BCUT2D eigenvalue weighted by atomic mass is 16.5. The molecule has 0 radical (unpaired) electrons. The van der Waals surface area contributed by atoms with E-state index >= 15 is 0 Å². The number of benzene rings is 2. The molecule has 7 heteroatoms. The predicted molar refractivity (Wildman–Crippen MR) is 124 cm³/mol. The molecule has 1 saturated heterocycles. The van der Waals surface area contributed by atoms with Crippen molar-refractivity contribution in [3.05, 3.63) is 65.2 Å². The van der Waals surface area contributed by atoms with Crippen LogP contribution in [0.5, 0.6) is 5.75 Å². The van der Waals surface area contributed by atoms with Crippen molar-refractivity contribution < 1.29 is 19.1 Å². The number of nitrogens with zero attached hydrogens (tertiary/aromatic N) is 1. The van der Waals surface area contributed by atoms with Gasteiger partial charge in [0.1, 0.15) is 12.4 Å². The molecule has 172 valence electrons. The second-order valence-electron chi connectivity index (χ2n) is 8.49. The lowest BCUT2D eigenvalue weighted by molar-refractivity contribution is 0.0124. The maximum atomic E-state index is 12.8. The zero-order chi connectivity index (χ0) is 22.9. The zero-order valence-corrected chi connectivity index (χ0v) is 18.9. The van der Waals surface area contributed by atoms with Crippen molar-refractivity contribution in [3.63, 3.8) is 0 Å². The lowest BCUT2D eigenvalue weighted by atomic mass is 10.0. The molecule has 1 aliphatic rings. The van der Waals surface area contributed by atoms with Gasteiger partial charge in [0.05, 0.1) is 18.8 Å². The van der Waals surface area contributed by atoms with E-state index in [4.69, 9.17) is 15.2 Å². The fraction of sp³-hybridized carbons (Fsp3) is 0.440. The third-order valence-corrected chi connectivity index (χ3v) is 5.54. The molecule has 0 spiro atoms. The largest absolute Gasteiger partial charge is 0.488 e. The van der Waals surface area contributed by atoms with Crippen LogP contribution in [0, 0.1) is 5.92 Å². The van der Waals surface area contributed by atoms with E-state index in [1.807, 2.05) is 18.2 Å². The Bertz CT molecular complexity index is 910. The van der Waals surface area contributed by atoms with Crippen LogP contribution in [0.25, 0.3) is 0 Å². The summed E-state index contributed by atoms with van der Waals surface area (Å²) in [4.78, 5) is 26.8. The number of carbonyl (C=O) groups is 2. The highest BCUT2D eigenvalue weighted by Crippen LogP contribution is 2.19. The minimum atomic E-state index is -0.537. The van der Waals surface area contributed by atoms with E-state index in [2.05, 4.69) is 24.1 Å². The first-order chi connectivity index (χ1) is 15.4. The summed E-state index contributed by atoms with van der Waals surface area (Å²) in [6.45, 7) is 8.51. The fourth-order valence-corrected chi connectivity index (χ4v) is 3.92. The van der Waals surface area contributed by atoms with E-state index < -0.39 is 5.91 Å². The number of ether oxygens (including phenoxy) is 2. The van der Waals surface area contributed by atoms with Gasteiger partial charge in [-0.25, -0.2) is 0 Å². The van der Waals surface area contributed by atoms with E-state index in [9.17, 15) is 9.59 Å². The summed E-state index contributed by atoms with van der Waals surface area (Å²) < 4.78 is 11.3. The molecule has 32 heavy (non-hydrogen) atoms. The monoisotopic (exact) mass is 439 g/mol.